The van der Waals surface area contributed by atoms with E-state index >= 15 is 0 Å². The van der Waals surface area contributed by atoms with Crippen LogP contribution in [0.1, 0.15) is 16.8 Å². The monoisotopic (exact) mass is 551 g/mol. The van der Waals surface area contributed by atoms with Gasteiger partial charge < -0.3 is 10.1 Å². The van der Waals surface area contributed by atoms with Gasteiger partial charge in [-0.05, 0) is 48.4 Å². The van der Waals surface area contributed by atoms with Crippen molar-refractivity contribution in [2.24, 2.45) is 0 Å². The van der Waals surface area contributed by atoms with Crippen LogP contribution in [-0.4, -0.2) is 55.2 Å². The minimum absolute atomic E-state index is 0.0366. The van der Waals surface area contributed by atoms with Gasteiger partial charge in [0, 0.05) is 41.7 Å². The van der Waals surface area contributed by atoms with Gasteiger partial charge >= 0.3 is 0 Å². The molecule has 0 atom stereocenters. The molecule has 1 aliphatic heterocycles. The molecule has 0 saturated carbocycles. The molecule has 1 amide bonds. The molecule has 190 valence electrons. The molecular weight excluding hydrogens is 525 g/mol. The van der Waals surface area contributed by atoms with E-state index in [1.165, 1.54) is 0 Å². The summed E-state index contributed by atoms with van der Waals surface area (Å²) in [5.41, 5.74) is 5.68. The molecule has 37 heavy (non-hydrogen) atoms. The number of hydrogen-bond acceptors (Lipinski definition) is 5. The first-order valence-electron chi connectivity index (χ1n) is 12.3. The van der Waals surface area contributed by atoms with E-state index in [1.807, 2.05) is 41.8 Å². The van der Waals surface area contributed by atoms with E-state index in [0.717, 1.165) is 72.2 Å². The fraction of sp³-hybridized carbons (Fsp3) is 0.241. The van der Waals surface area contributed by atoms with Crippen LogP contribution in [-0.2, 0) is 4.74 Å². The summed E-state index contributed by atoms with van der Waals surface area (Å²) in [4.78, 5) is 19.7. The Labute approximate surface area is 231 Å². The van der Waals surface area contributed by atoms with Gasteiger partial charge in [0.2, 0.25) is 0 Å². The van der Waals surface area contributed by atoms with Gasteiger partial charge in [0.25, 0.3) is 5.91 Å². The second kappa shape index (κ2) is 12.2. The number of carbonyl (C=O) groups excluding carboxylic acids is 1. The number of hydrogen-bond donors (Lipinski definition) is 1. The van der Waals surface area contributed by atoms with Crippen molar-refractivity contribution in [2.45, 2.75) is 6.42 Å². The van der Waals surface area contributed by atoms with Crippen molar-refractivity contribution < 1.29 is 9.53 Å². The Morgan fingerprint density at radius 1 is 0.892 bits per heavy atom. The molecule has 0 aliphatic carbocycles. The van der Waals surface area contributed by atoms with Crippen molar-refractivity contribution in [2.75, 3.05) is 39.4 Å². The molecule has 1 N–H and O–H groups in total. The number of carbonyl (C=O) groups is 1. The van der Waals surface area contributed by atoms with E-state index in [9.17, 15) is 4.79 Å². The molecule has 1 aliphatic rings. The third kappa shape index (κ3) is 6.58. The summed E-state index contributed by atoms with van der Waals surface area (Å²) in [5, 5.41) is 7.04. The second-order valence-corrected chi connectivity index (χ2v) is 10.6. The maximum atomic E-state index is 12.5. The van der Waals surface area contributed by atoms with Crippen molar-refractivity contribution in [3.63, 3.8) is 0 Å². The van der Waals surface area contributed by atoms with Gasteiger partial charge in [-0.3, -0.25) is 9.69 Å². The number of benzene rings is 3. The number of halogens is 2. The van der Waals surface area contributed by atoms with Crippen LogP contribution < -0.4 is 5.32 Å². The average Bonchev–Trinajstić information content (AvgIpc) is 3.44. The highest BCUT2D eigenvalue weighted by atomic mass is 35.5. The van der Waals surface area contributed by atoms with Crippen LogP contribution >= 0.6 is 34.5 Å². The topological polar surface area (TPSA) is 54.5 Å². The molecule has 0 unspecified atom stereocenters. The van der Waals surface area contributed by atoms with Crippen molar-refractivity contribution in [3.8, 4) is 33.0 Å². The Bertz CT molecular complexity index is 1350. The highest BCUT2D eigenvalue weighted by Gasteiger charge is 2.11. The van der Waals surface area contributed by atoms with Crippen molar-refractivity contribution in [1.29, 1.82) is 0 Å². The third-order valence-electron chi connectivity index (χ3n) is 6.37. The molecule has 0 radical (unpaired) electrons. The van der Waals surface area contributed by atoms with Gasteiger partial charge in [-0.25, -0.2) is 4.98 Å². The molecule has 1 aromatic heterocycles. The summed E-state index contributed by atoms with van der Waals surface area (Å²) in [6, 6.07) is 21.6. The van der Waals surface area contributed by atoms with Crippen LogP contribution in [0, 0.1) is 0 Å². The smallest absolute Gasteiger partial charge is 0.251 e. The quantitative estimate of drug-likeness (QED) is 0.242. The number of thiazole rings is 1. The Hall–Kier alpha value is -2.74. The van der Waals surface area contributed by atoms with E-state index in [-0.39, 0.29) is 5.91 Å². The van der Waals surface area contributed by atoms with Crippen LogP contribution in [0.4, 0.5) is 0 Å². The Morgan fingerprint density at radius 3 is 2.24 bits per heavy atom. The Balaban J connectivity index is 1.17. The van der Waals surface area contributed by atoms with Crippen molar-refractivity contribution in [1.82, 2.24) is 15.2 Å². The lowest BCUT2D eigenvalue weighted by molar-refractivity contribution is 0.0374. The molecule has 5 nitrogen and oxygen atoms in total. The van der Waals surface area contributed by atoms with Gasteiger partial charge in [0.15, 0.2) is 0 Å². The summed E-state index contributed by atoms with van der Waals surface area (Å²) in [6.07, 6.45) is 0.935. The number of aromatic nitrogens is 1. The van der Waals surface area contributed by atoms with E-state index in [2.05, 4.69) is 34.5 Å². The number of morpholine rings is 1. The maximum Gasteiger partial charge on any atom is 0.251 e. The first kappa shape index (κ1) is 25.9. The van der Waals surface area contributed by atoms with Crippen LogP contribution in [0.25, 0.3) is 33.0 Å². The van der Waals surface area contributed by atoms with Crippen LogP contribution in [0.15, 0.2) is 72.1 Å². The van der Waals surface area contributed by atoms with Crippen LogP contribution in [0.2, 0.25) is 10.0 Å². The molecule has 4 aromatic rings. The minimum atomic E-state index is -0.0366. The van der Waals surface area contributed by atoms with Gasteiger partial charge in [-0.1, -0.05) is 65.7 Å². The number of nitrogens with zero attached hydrogens (tertiary/aromatic N) is 2. The maximum absolute atomic E-state index is 12.5. The molecule has 5 rings (SSSR count). The van der Waals surface area contributed by atoms with Crippen molar-refractivity contribution in [3.05, 3.63) is 87.7 Å². The van der Waals surface area contributed by atoms with Gasteiger partial charge in [0.1, 0.15) is 5.01 Å². The summed E-state index contributed by atoms with van der Waals surface area (Å²) in [6.45, 7) is 5.19. The largest absolute Gasteiger partial charge is 0.379 e. The number of rotatable bonds is 8. The zero-order valence-electron chi connectivity index (χ0n) is 20.3. The average molecular weight is 553 g/mol. The highest BCUT2D eigenvalue weighted by Crippen LogP contribution is 2.33. The molecule has 1 fully saturated rings. The third-order valence-corrected chi connectivity index (χ3v) is 8.00. The number of amides is 1. The summed E-state index contributed by atoms with van der Waals surface area (Å²) >= 11 is 13.8. The van der Waals surface area contributed by atoms with Crippen molar-refractivity contribution >= 4 is 40.4 Å². The van der Waals surface area contributed by atoms with Crippen LogP contribution in [0.3, 0.4) is 0 Å². The Morgan fingerprint density at radius 2 is 1.54 bits per heavy atom. The lowest BCUT2D eigenvalue weighted by Crippen LogP contribution is -2.38. The molecular formula is C29H27Cl2N3O2S. The Kier molecular flexibility index (Phi) is 8.54. The molecule has 0 bridgehead atoms. The lowest BCUT2D eigenvalue weighted by atomic mass is 10.0. The van der Waals surface area contributed by atoms with E-state index in [0.29, 0.717) is 22.2 Å². The number of nitrogens with one attached hydrogen (secondary N) is 1. The number of ether oxygens (including phenoxy) is 1. The fourth-order valence-corrected chi connectivity index (χ4v) is 5.38. The second-order valence-electron chi connectivity index (χ2n) is 8.88. The molecule has 0 spiro atoms. The predicted molar refractivity (Wildman–Crippen MR) is 153 cm³/mol. The zero-order chi connectivity index (χ0) is 25.6. The summed E-state index contributed by atoms with van der Waals surface area (Å²) in [7, 11) is 0. The van der Waals surface area contributed by atoms with Gasteiger partial charge in [0.05, 0.1) is 29.0 Å². The minimum Gasteiger partial charge on any atom is -0.379 e. The van der Waals surface area contributed by atoms with E-state index in [4.69, 9.17) is 32.9 Å². The van der Waals surface area contributed by atoms with E-state index < -0.39 is 0 Å². The molecule has 3 aromatic carbocycles. The predicted octanol–water partition coefficient (Wildman–Crippen LogP) is 6.90. The molecule has 1 saturated heterocycles. The first-order chi connectivity index (χ1) is 18.1. The van der Waals surface area contributed by atoms with Gasteiger partial charge in [-0.2, -0.15) is 0 Å². The SMILES string of the molecule is O=C(NCCCN1CCOCC1)c1ccc(-c2ccc(-c3nc(-c4ccc(Cl)c(Cl)c4)cs3)cc2)cc1. The lowest BCUT2D eigenvalue weighted by Gasteiger charge is -2.26. The molecule has 2 heterocycles. The standard InChI is InChI=1S/C29H27Cl2N3O2S/c30-25-11-10-24(18-26(25)31)27-19-37-29(33-27)23-8-4-21(5-9-23)20-2-6-22(7-3-20)28(35)32-12-1-13-34-14-16-36-17-15-34/h2-11,18-19H,1,12-17H2,(H,32,35). The summed E-state index contributed by atoms with van der Waals surface area (Å²) < 4.78 is 5.37. The summed E-state index contributed by atoms with van der Waals surface area (Å²) in [5.74, 6) is -0.0366. The normalized spacial score (nSPS) is 14.0. The zero-order valence-corrected chi connectivity index (χ0v) is 22.6. The first-order valence-corrected chi connectivity index (χ1v) is 13.9. The van der Waals surface area contributed by atoms with Crippen LogP contribution in [0.5, 0.6) is 0 Å². The highest BCUT2D eigenvalue weighted by molar-refractivity contribution is 7.13. The van der Waals surface area contributed by atoms with Gasteiger partial charge in [-0.15, -0.1) is 11.3 Å². The van der Waals surface area contributed by atoms with E-state index in [1.54, 1.807) is 17.4 Å². The molecule has 8 heteroatoms. The fourth-order valence-electron chi connectivity index (χ4n) is 4.25.